The van der Waals surface area contributed by atoms with Gasteiger partial charge >= 0.3 is 5.97 Å². The second-order valence-electron chi connectivity index (χ2n) is 2.83. The minimum atomic E-state index is -1.05. The number of carbonyl (C=O) groups is 1. The van der Waals surface area contributed by atoms with Crippen LogP contribution >= 0.6 is 12.6 Å². The Morgan fingerprint density at radius 1 is 1.64 bits per heavy atom. The highest BCUT2D eigenvalue weighted by Gasteiger charge is 2.14. The standard InChI is InChI=1S/C8H6N3O2S/c1-4-2-6(14)11-7(10-4)5(3-9-11)8(12)13/h2-3H,1H3,(H,12,13). The Balaban J connectivity index is 2.85. The van der Waals surface area contributed by atoms with E-state index in [4.69, 9.17) is 17.7 Å². The van der Waals surface area contributed by atoms with Crippen molar-refractivity contribution in [3.8, 4) is 0 Å². The van der Waals surface area contributed by atoms with E-state index in [0.29, 0.717) is 16.4 Å². The van der Waals surface area contributed by atoms with Crippen LogP contribution in [0.5, 0.6) is 0 Å². The lowest BCUT2D eigenvalue weighted by molar-refractivity contribution is 0.0699. The number of carboxylic acids is 1. The van der Waals surface area contributed by atoms with Crippen molar-refractivity contribution in [2.24, 2.45) is 0 Å². The molecule has 0 amide bonds. The van der Waals surface area contributed by atoms with Gasteiger partial charge in [-0.2, -0.15) is 5.10 Å². The Hall–Kier alpha value is -1.69. The van der Waals surface area contributed by atoms with Gasteiger partial charge in [-0.25, -0.2) is 14.3 Å². The lowest BCUT2D eigenvalue weighted by Crippen LogP contribution is -1.99. The van der Waals surface area contributed by atoms with Gasteiger partial charge in [-0.3, -0.25) is 0 Å². The smallest absolute Gasteiger partial charge is 0.341 e. The van der Waals surface area contributed by atoms with E-state index in [1.807, 2.05) is 0 Å². The molecule has 0 aliphatic carbocycles. The van der Waals surface area contributed by atoms with E-state index in [9.17, 15) is 4.79 Å². The summed E-state index contributed by atoms with van der Waals surface area (Å²) >= 11 is 5.01. The van der Waals surface area contributed by atoms with Crippen LogP contribution in [0.3, 0.4) is 0 Å². The summed E-state index contributed by atoms with van der Waals surface area (Å²) in [5.74, 6) is -1.05. The van der Waals surface area contributed by atoms with E-state index in [1.165, 1.54) is 10.7 Å². The van der Waals surface area contributed by atoms with Gasteiger partial charge < -0.3 is 5.11 Å². The average Bonchev–Trinajstić information content (AvgIpc) is 2.47. The lowest BCUT2D eigenvalue weighted by Gasteiger charge is -1.98. The fraction of sp³-hybridized carbons (Fsp3) is 0.125. The van der Waals surface area contributed by atoms with Crippen LogP contribution in [0.1, 0.15) is 16.1 Å². The number of aromatic nitrogens is 3. The number of fused-ring (bicyclic) bond motifs is 1. The fourth-order valence-electron chi connectivity index (χ4n) is 1.20. The van der Waals surface area contributed by atoms with Crippen molar-refractivity contribution in [3.05, 3.63) is 23.5 Å². The molecule has 0 spiro atoms. The van der Waals surface area contributed by atoms with E-state index < -0.39 is 5.97 Å². The zero-order valence-electron chi connectivity index (χ0n) is 7.26. The van der Waals surface area contributed by atoms with Crippen LogP contribution in [0.4, 0.5) is 0 Å². The second kappa shape index (κ2) is 2.91. The number of aryl methyl sites for hydroxylation is 1. The Kier molecular flexibility index (Phi) is 1.85. The number of hydrogen-bond donors (Lipinski definition) is 1. The second-order valence-corrected chi connectivity index (χ2v) is 3.25. The maximum absolute atomic E-state index is 10.8. The van der Waals surface area contributed by atoms with Gasteiger partial charge in [0, 0.05) is 5.69 Å². The van der Waals surface area contributed by atoms with Crippen molar-refractivity contribution in [2.45, 2.75) is 11.9 Å². The minimum Gasteiger partial charge on any atom is -0.477 e. The molecule has 14 heavy (non-hydrogen) atoms. The first kappa shape index (κ1) is 8.89. The first-order chi connectivity index (χ1) is 6.59. The van der Waals surface area contributed by atoms with Gasteiger partial charge in [-0.15, -0.1) is 0 Å². The van der Waals surface area contributed by atoms with Crippen LogP contribution < -0.4 is 0 Å². The van der Waals surface area contributed by atoms with Gasteiger partial charge in [0.25, 0.3) is 0 Å². The van der Waals surface area contributed by atoms with Crippen LogP contribution in [-0.2, 0) is 0 Å². The van der Waals surface area contributed by atoms with E-state index in [-0.39, 0.29) is 5.56 Å². The molecule has 71 valence electrons. The molecular formula is C8H6N3O2S. The molecule has 0 saturated carbocycles. The molecule has 6 heteroatoms. The first-order valence-corrected chi connectivity index (χ1v) is 4.26. The number of aromatic carboxylic acids is 1. The van der Waals surface area contributed by atoms with Gasteiger partial charge in [0.15, 0.2) is 5.65 Å². The lowest BCUT2D eigenvalue weighted by atomic mass is 10.3. The average molecular weight is 208 g/mol. The minimum absolute atomic E-state index is 0.0693. The fourth-order valence-corrected chi connectivity index (χ4v) is 1.51. The predicted molar refractivity (Wildman–Crippen MR) is 50.5 cm³/mol. The molecule has 2 aromatic rings. The zero-order chi connectivity index (χ0) is 10.3. The normalized spacial score (nSPS) is 10.6. The van der Waals surface area contributed by atoms with Gasteiger partial charge in [-0.1, -0.05) is 12.6 Å². The van der Waals surface area contributed by atoms with Crippen molar-refractivity contribution in [1.29, 1.82) is 0 Å². The number of carboxylic acid groups (broad SMARTS) is 1. The quantitative estimate of drug-likeness (QED) is 0.717. The van der Waals surface area contributed by atoms with Crippen LogP contribution in [0.25, 0.3) is 5.65 Å². The van der Waals surface area contributed by atoms with Crippen LogP contribution in [-0.4, -0.2) is 25.7 Å². The highest BCUT2D eigenvalue weighted by molar-refractivity contribution is 7.80. The zero-order valence-corrected chi connectivity index (χ0v) is 8.08. The molecule has 0 saturated heterocycles. The largest absolute Gasteiger partial charge is 0.477 e. The summed E-state index contributed by atoms with van der Waals surface area (Å²) in [5, 5.41) is 13.1. The van der Waals surface area contributed by atoms with Crippen LogP contribution in [0.15, 0.2) is 17.3 Å². The van der Waals surface area contributed by atoms with E-state index in [2.05, 4.69) is 10.1 Å². The van der Waals surface area contributed by atoms with Gasteiger partial charge in [0.1, 0.15) is 10.6 Å². The summed E-state index contributed by atoms with van der Waals surface area (Å²) in [4.78, 5) is 14.8. The van der Waals surface area contributed by atoms with Crippen molar-refractivity contribution < 1.29 is 9.90 Å². The molecule has 1 radical (unpaired) electrons. The highest BCUT2D eigenvalue weighted by atomic mass is 32.1. The third-order valence-corrected chi connectivity index (χ3v) is 2.09. The van der Waals surface area contributed by atoms with Crippen LogP contribution in [0.2, 0.25) is 0 Å². The molecule has 0 bridgehead atoms. The molecule has 0 unspecified atom stereocenters. The molecule has 5 nitrogen and oxygen atoms in total. The highest BCUT2D eigenvalue weighted by Crippen LogP contribution is 2.14. The third kappa shape index (κ3) is 1.20. The molecule has 0 aliphatic rings. The molecular weight excluding hydrogens is 202 g/mol. The van der Waals surface area contributed by atoms with E-state index >= 15 is 0 Å². The van der Waals surface area contributed by atoms with Crippen molar-refractivity contribution in [3.63, 3.8) is 0 Å². The van der Waals surface area contributed by atoms with Crippen molar-refractivity contribution in [2.75, 3.05) is 0 Å². The number of rotatable bonds is 1. The molecule has 2 aromatic heterocycles. The summed E-state index contributed by atoms with van der Waals surface area (Å²) in [5.41, 5.74) is 1.05. The maximum Gasteiger partial charge on any atom is 0.341 e. The maximum atomic E-state index is 10.8. The molecule has 0 aromatic carbocycles. The van der Waals surface area contributed by atoms with Gasteiger partial charge in [0.05, 0.1) is 6.20 Å². The molecule has 2 heterocycles. The Morgan fingerprint density at radius 2 is 2.36 bits per heavy atom. The SMILES string of the molecule is Cc1cc([S])n2ncc(C(=O)O)c2n1. The molecule has 0 fully saturated rings. The Labute approximate surface area is 84.8 Å². The Morgan fingerprint density at radius 3 is 3.00 bits per heavy atom. The molecule has 0 aliphatic heterocycles. The molecule has 1 N–H and O–H groups in total. The monoisotopic (exact) mass is 208 g/mol. The summed E-state index contributed by atoms with van der Waals surface area (Å²) in [6.45, 7) is 1.76. The first-order valence-electron chi connectivity index (χ1n) is 3.85. The summed E-state index contributed by atoms with van der Waals surface area (Å²) in [6, 6.07) is 1.67. The predicted octanol–water partition coefficient (Wildman–Crippen LogP) is 1.29. The summed E-state index contributed by atoms with van der Waals surface area (Å²) in [7, 11) is 0. The third-order valence-electron chi connectivity index (χ3n) is 1.80. The topological polar surface area (TPSA) is 67.5 Å². The summed E-state index contributed by atoms with van der Waals surface area (Å²) < 4.78 is 1.34. The van der Waals surface area contributed by atoms with Crippen molar-refractivity contribution in [1.82, 2.24) is 14.6 Å². The molecule has 2 rings (SSSR count). The van der Waals surface area contributed by atoms with Crippen molar-refractivity contribution >= 4 is 24.2 Å². The van der Waals surface area contributed by atoms with Gasteiger partial charge in [-0.05, 0) is 13.0 Å². The number of nitrogens with zero attached hydrogens (tertiary/aromatic N) is 3. The van der Waals surface area contributed by atoms with Crippen LogP contribution in [0, 0.1) is 6.92 Å². The number of hydrogen-bond acceptors (Lipinski definition) is 3. The summed E-state index contributed by atoms with van der Waals surface area (Å²) in [6.07, 6.45) is 1.25. The van der Waals surface area contributed by atoms with E-state index in [0.717, 1.165) is 0 Å². The Bertz CT molecular complexity index is 521. The van der Waals surface area contributed by atoms with E-state index in [1.54, 1.807) is 13.0 Å². The molecule has 0 atom stereocenters. The van der Waals surface area contributed by atoms with Gasteiger partial charge in [0.2, 0.25) is 0 Å².